The Morgan fingerprint density at radius 1 is 1.22 bits per heavy atom. The molecule has 0 unspecified atom stereocenters. The summed E-state index contributed by atoms with van der Waals surface area (Å²) in [6.45, 7) is 0.880. The summed E-state index contributed by atoms with van der Waals surface area (Å²) in [5.41, 5.74) is 2.36. The van der Waals surface area contributed by atoms with Crippen molar-refractivity contribution in [1.82, 2.24) is 5.32 Å². The van der Waals surface area contributed by atoms with Crippen LogP contribution in [-0.2, 0) is 30.6 Å². The van der Waals surface area contributed by atoms with Crippen LogP contribution in [0.2, 0.25) is 0 Å². The molecule has 2 amide bonds. The molecule has 2 aliphatic rings. The van der Waals surface area contributed by atoms with Gasteiger partial charge in [0.25, 0.3) is 0 Å². The van der Waals surface area contributed by atoms with Gasteiger partial charge in [0.15, 0.2) is 14.6 Å². The SMILES string of the molecule is CNCC(=O)N1CCCc2ccc(NC(=O)C3(S(C)(=O)=O)CC3)cc21.O=C(O)C(F)(F)F. The minimum absolute atomic E-state index is 0.0262. The number of amides is 2. The number of carbonyl (C=O) groups is 3. The van der Waals surface area contributed by atoms with Crippen LogP contribution in [0.25, 0.3) is 0 Å². The van der Waals surface area contributed by atoms with E-state index >= 15 is 0 Å². The molecule has 3 N–H and O–H groups in total. The molecule has 1 heterocycles. The van der Waals surface area contributed by atoms with E-state index in [0.29, 0.717) is 25.1 Å². The second-order valence-corrected chi connectivity index (χ2v) is 9.87. The normalized spacial score (nSPS) is 16.8. The van der Waals surface area contributed by atoms with Crippen LogP contribution in [0.1, 0.15) is 24.8 Å². The molecule has 0 aromatic heterocycles. The molecule has 0 saturated heterocycles. The van der Waals surface area contributed by atoms with Gasteiger partial charge in [-0.3, -0.25) is 9.59 Å². The summed E-state index contributed by atoms with van der Waals surface area (Å²) in [6.07, 6.45) is -1.50. The molecule has 0 bridgehead atoms. The Morgan fingerprint density at radius 3 is 2.28 bits per heavy atom. The summed E-state index contributed by atoms with van der Waals surface area (Å²) in [5.74, 6) is -3.27. The molecule has 1 aromatic rings. The van der Waals surface area contributed by atoms with Gasteiger partial charge in [0.1, 0.15) is 0 Å². The largest absolute Gasteiger partial charge is 0.490 e. The number of carbonyl (C=O) groups excluding carboxylic acids is 2. The first-order chi connectivity index (χ1) is 14.7. The molecule has 1 aromatic carbocycles. The molecule has 0 radical (unpaired) electrons. The first kappa shape index (κ1) is 25.6. The number of halogens is 3. The molecule has 178 valence electrons. The fourth-order valence-electron chi connectivity index (χ4n) is 3.28. The van der Waals surface area contributed by atoms with E-state index in [1.54, 1.807) is 24.1 Å². The maximum atomic E-state index is 12.4. The van der Waals surface area contributed by atoms with Crippen molar-refractivity contribution >= 4 is 39.0 Å². The molecular weight excluding hydrogens is 455 g/mol. The lowest BCUT2D eigenvalue weighted by molar-refractivity contribution is -0.192. The van der Waals surface area contributed by atoms with Crippen LogP contribution < -0.4 is 15.5 Å². The zero-order valence-corrected chi connectivity index (χ0v) is 18.3. The number of hydrogen-bond donors (Lipinski definition) is 3. The van der Waals surface area contributed by atoms with Crippen LogP contribution in [0.15, 0.2) is 18.2 Å². The summed E-state index contributed by atoms with van der Waals surface area (Å²) in [6, 6.07) is 5.42. The van der Waals surface area contributed by atoms with Crippen LogP contribution in [0, 0.1) is 0 Å². The van der Waals surface area contributed by atoms with Crippen molar-refractivity contribution in [3.63, 3.8) is 0 Å². The third-order valence-electron chi connectivity index (χ3n) is 5.16. The van der Waals surface area contributed by atoms with Crippen LogP contribution in [-0.4, -0.2) is 68.6 Å². The highest BCUT2D eigenvalue weighted by molar-refractivity contribution is 7.93. The van der Waals surface area contributed by atoms with Crippen molar-refractivity contribution < 1.29 is 41.1 Å². The molecule has 1 aliphatic carbocycles. The van der Waals surface area contributed by atoms with Gasteiger partial charge in [-0.2, -0.15) is 13.2 Å². The number of alkyl halides is 3. The number of hydrogen-bond acceptors (Lipinski definition) is 6. The van der Waals surface area contributed by atoms with Gasteiger partial charge in [-0.1, -0.05) is 6.07 Å². The van der Waals surface area contributed by atoms with Gasteiger partial charge in [0.05, 0.1) is 6.54 Å². The number of nitrogens with one attached hydrogen (secondary N) is 2. The van der Waals surface area contributed by atoms with Crippen molar-refractivity contribution in [1.29, 1.82) is 0 Å². The van der Waals surface area contributed by atoms with Gasteiger partial charge < -0.3 is 20.6 Å². The molecule has 0 atom stereocenters. The number of rotatable bonds is 5. The van der Waals surface area contributed by atoms with E-state index in [1.165, 1.54) is 0 Å². The van der Waals surface area contributed by atoms with E-state index < -0.39 is 32.6 Å². The lowest BCUT2D eigenvalue weighted by Gasteiger charge is -2.30. The van der Waals surface area contributed by atoms with Crippen molar-refractivity contribution in [3.8, 4) is 0 Å². The van der Waals surface area contributed by atoms with E-state index in [1.807, 2.05) is 6.07 Å². The highest BCUT2D eigenvalue weighted by Crippen LogP contribution is 2.44. The van der Waals surface area contributed by atoms with E-state index in [4.69, 9.17) is 9.90 Å². The summed E-state index contributed by atoms with van der Waals surface area (Å²) >= 11 is 0. The number of anilines is 2. The average molecular weight is 479 g/mol. The molecule has 3 rings (SSSR count). The third-order valence-corrected chi connectivity index (χ3v) is 7.17. The monoisotopic (exact) mass is 479 g/mol. The molecular formula is C19H24F3N3O6S. The lowest BCUT2D eigenvalue weighted by atomic mass is 10.0. The average Bonchev–Trinajstić information content (AvgIpc) is 3.49. The van der Waals surface area contributed by atoms with Gasteiger partial charge in [0, 0.05) is 24.2 Å². The topological polar surface area (TPSA) is 133 Å². The Labute approximate surface area is 182 Å². The lowest BCUT2D eigenvalue weighted by Crippen LogP contribution is -2.40. The molecule has 0 spiro atoms. The second-order valence-electron chi connectivity index (χ2n) is 7.55. The minimum Gasteiger partial charge on any atom is -0.475 e. The number of carboxylic acid groups (broad SMARTS) is 1. The maximum Gasteiger partial charge on any atom is 0.490 e. The van der Waals surface area contributed by atoms with Crippen molar-refractivity contribution in [2.24, 2.45) is 0 Å². The first-order valence-electron chi connectivity index (χ1n) is 9.62. The first-order valence-corrected chi connectivity index (χ1v) is 11.5. The van der Waals surface area contributed by atoms with E-state index in [2.05, 4.69) is 10.6 Å². The highest BCUT2D eigenvalue weighted by atomic mass is 32.2. The van der Waals surface area contributed by atoms with E-state index in [0.717, 1.165) is 30.3 Å². The zero-order valence-electron chi connectivity index (χ0n) is 17.5. The number of nitrogens with zero attached hydrogens (tertiary/aromatic N) is 1. The van der Waals surface area contributed by atoms with Gasteiger partial charge in [0.2, 0.25) is 11.8 Å². The fourth-order valence-corrected chi connectivity index (χ4v) is 4.51. The predicted octanol–water partition coefficient (Wildman–Crippen LogP) is 1.33. The van der Waals surface area contributed by atoms with Gasteiger partial charge in [-0.05, 0) is 50.4 Å². The second kappa shape index (κ2) is 9.45. The Balaban J connectivity index is 0.000000451. The Kier molecular flexibility index (Phi) is 7.55. The van der Waals surface area contributed by atoms with E-state index in [9.17, 15) is 31.2 Å². The van der Waals surface area contributed by atoms with Crippen LogP contribution >= 0.6 is 0 Å². The third kappa shape index (κ3) is 5.76. The van der Waals surface area contributed by atoms with Crippen molar-refractivity contribution in [3.05, 3.63) is 23.8 Å². The molecule has 1 saturated carbocycles. The minimum atomic E-state index is -5.08. The molecule has 32 heavy (non-hydrogen) atoms. The number of benzene rings is 1. The van der Waals surface area contributed by atoms with E-state index in [-0.39, 0.29) is 12.5 Å². The summed E-state index contributed by atoms with van der Waals surface area (Å²) in [4.78, 5) is 35.4. The van der Waals surface area contributed by atoms with Gasteiger partial charge in [-0.25, -0.2) is 13.2 Å². The summed E-state index contributed by atoms with van der Waals surface area (Å²) in [7, 11) is -1.72. The number of carboxylic acids is 1. The number of fused-ring (bicyclic) bond motifs is 1. The molecule has 13 heteroatoms. The van der Waals surface area contributed by atoms with Crippen molar-refractivity contribution in [2.45, 2.75) is 36.6 Å². The Morgan fingerprint density at radius 2 is 1.81 bits per heavy atom. The zero-order chi connectivity index (χ0) is 24.3. The number of aryl methyl sites for hydroxylation is 1. The molecule has 1 aliphatic heterocycles. The van der Waals surface area contributed by atoms with Crippen LogP contribution in [0.4, 0.5) is 24.5 Å². The van der Waals surface area contributed by atoms with Crippen molar-refractivity contribution in [2.75, 3.05) is 36.6 Å². The Hall–Kier alpha value is -2.67. The molecule has 1 fully saturated rings. The number of aliphatic carboxylic acids is 1. The smallest absolute Gasteiger partial charge is 0.475 e. The Bertz CT molecular complexity index is 1010. The fraction of sp³-hybridized carbons (Fsp3) is 0.526. The van der Waals surface area contributed by atoms with Gasteiger partial charge in [-0.15, -0.1) is 0 Å². The summed E-state index contributed by atoms with van der Waals surface area (Å²) in [5, 5.41) is 12.7. The maximum absolute atomic E-state index is 12.4. The number of likely N-dealkylation sites (N-methyl/N-ethyl adjacent to an activating group) is 1. The predicted molar refractivity (Wildman–Crippen MR) is 110 cm³/mol. The standard InChI is InChI=1S/C17H23N3O4S.C2HF3O2/c1-18-11-15(21)20-9-3-4-12-5-6-13(10-14(12)20)19-16(22)17(7-8-17)25(2,23)24;3-2(4,5)1(6)7/h5-6,10,18H,3-4,7-9,11H2,1-2H3,(H,19,22);(H,6,7). The van der Waals surface area contributed by atoms with Gasteiger partial charge >= 0.3 is 12.1 Å². The number of sulfone groups is 1. The summed E-state index contributed by atoms with van der Waals surface area (Å²) < 4.78 is 54.2. The highest BCUT2D eigenvalue weighted by Gasteiger charge is 2.58. The quantitative estimate of drug-likeness (QED) is 0.580. The molecule has 9 nitrogen and oxygen atoms in total. The van der Waals surface area contributed by atoms with Crippen LogP contribution in [0.3, 0.4) is 0 Å². The van der Waals surface area contributed by atoms with Crippen LogP contribution in [0.5, 0.6) is 0 Å².